The first-order valence-electron chi connectivity index (χ1n) is 12.1. The molecule has 5 heteroatoms. The van der Waals surface area contributed by atoms with Crippen LogP contribution in [0.3, 0.4) is 0 Å². The lowest BCUT2D eigenvalue weighted by Gasteiger charge is -2.22. The number of nitrogens with zero attached hydrogens (tertiary/aromatic N) is 1. The first-order chi connectivity index (χ1) is 18.7. The van der Waals surface area contributed by atoms with Crippen LogP contribution in [0.1, 0.15) is 20.9 Å². The highest BCUT2D eigenvalue weighted by atomic mass is 32.1. The lowest BCUT2D eigenvalue weighted by atomic mass is 10.1. The second-order valence-electron chi connectivity index (χ2n) is 8.32. The second kappa shape index (κ2) is 12.2. The molecule has 38 heavy (non-hydrogen) atoms. The minimum atomic E-state index is -0.467. The van der Waals surface area contributed by atoms with E-state index < -0.39 is 5.97 Å². The van der Waals surface area contributed by atoms with Crippen molar-refractivity contribution >= 4 is 57.7 Å². The molecule has 2 heterocycles. The molecule has 0 atom stereocenters. The summed E-state index contributed by atoms with van der Waals surface area (Å²) in [5.41, 5.74) is 5.47. The van der Waals surface area contributed by atoms with E-state index in [1.807, 2.05) is 24.3 Å². The summed E-state index contributed by atoms with van der Waals surface area (Å²) in [6.45, 7) is 3.42. The van der Waals surface area contributed by atoms with E-state index in [1.165, 1.54) is 15.3 Å². The first kappa shape index (κ1) is 25.2. The Morgan fingerprint density at radius 1 is 0.684 bits per heavy atom. The Labute approximate surface area is 230 Å². The van der Waals surface area contributed by atoms with Crippen LogP contribution < -0.4 is 9.64 Å². The van der Waals surface area contributed by atoms with E-state index in [1.54, 1.807) is 34.8 Å². The lowest BCUT2D eigenvalue weighted by molar-refractivity contribution is -0.128. The van der Waals surface area contributed by atoms with Crippen LogP contribution >= 0.6 is 22.7 Å². The van der Waals surface area contributed by atoms with Gasteiger partial charge in [-0.2, -0.15) is 0 Å². The van der Waals surface area contributed by atoms with Crippen molar-refractivity contribution in [3.63, 3.8) is 0 Å². The quantitative estimate of drug-likeness (QED) is 0.0821. The van der Waals surface area contributed by atoms with Gasteiger partial charge >= 0.3 is 5.97 Å². The van der Waals surface area contributed by atoms with Crippen LogP contribution in [0.5, 0.6) is 5.75 Å². The standard InChI is InChI=1S/C33H25NO2S2/c1-2-33(35)36-29-20-16-26(17-21-29)13-12-25-14-18-28(19-15-25)34(27-8-4-3-5-9-27)24-30(31-10-6-22-37-31)32-11-7-23-38-32/h2-24H,1H2. The van der Waals surface area contributed by atoms with Gasteiger partial charge in [0.15, 0.2) is 0 Å². The van der Waals surface area contributed by atoms with Crippen LogP contribution in [0.25, 0.3) is 17.7 Å². The van der Waals surface area contributed by atoms with Crippen molar-refractivity contribution in [3.05, 3.63) is 154 Å². The van der Waals surface area contributed by atoms with Gasteiger partial charge < -0.3 is 9.64 Å². The summed E-state index contributed by atoms with van der Waals surface area (Å²) in [6.07, 6.45) is 7.49. The van der Waals surface area contributed by atoms with Gasteiger partial charge in [-0.3, -0.25) is 0 Å². The Morgan fingerprint density at radius 3 is 1.76 bits per heavy atom. The van der Waals surface area contributed by atoms with E-state index in [9.17, 15) is 4.79 Å². The van der Waals surface area contributed by atoms with Crippen molar-refractivity contribution in [2.45, 2.75) is 0 Å². The number of anilines is 2. The fourth-order valence-electron chi connectivity index (χ4n) is 3.87. The summed E-state index contributed by atoms with van der Waals surface area (Å²) in [6, 6.07) is 34.8. The number of rotatable bonds is 9. The van der Waals surface area contributed by atoms with Crippen molar-refractivity contribution in [2.24, 2.45) is 0 Å². The number of esters is 1. The Kier molecular flexibility index (Phi) is 8.09. The average molecular weight is 532 g/mol. The molecule has 0 unspecified atom stereocenters. The highest BCUT2D eigenvalue weighted by Crippen LogP contribution is 2.35. The fraction of sp³-hybridized carbons (Fsp3) is 0. The predicted molar refractivity (Wildman–Crippen MR) is 162 cm³/mol. The van der Waals surface area contributed by atoms with Gasteiger partial charge in [-0.05, 0) is 70.4 Å². The molecule has 3 nitrogen and oxygen atoms in total. The molecular weight excluding hydrogens is 507 g/mol. The number of hydrogen-bond acceptors (Lipinski definition) is 5. The molecule has 3 aromatic carbocycles. The van der Waals surface area contributed by atoms with Gasteiger partial charge in [0.05, 0.1) is 0 Å². The van der Waals surface area contributed by atoms with E-state index in [-0.39, 0.29) is 0 Å². The number of hydrogen-bond donors (Lipinski definition) is 0. The highest BCUT2D eigenvalue weighted by molar-refractivity contribution is 7.13. The molecule has 0 radical (unpaired) electrons. The Hall–Kier alpha value is -4.45. The molecule has 0 aliphatic carbocycles. The fourth-order valence-corrected chi connectivity index (χ4v) is 5.44. The van der Waals surface area contributed by atoms with Crippen LogP contribution in [0, 0.1) is 0 Å². The summed E-state index contributed by atoms with van der Waals surface area (Å²) in [5, 5.41) is 4.23. The highest BCUT2D eigenvalue weighted by Gasteiger charge is 2.13. The number of carbonyl (C=O) groups is 1. The molecule has 0 saturated heterocycles. The number of carbonyl (C=O) groups excluding carboxylic acids is 1. The first-order valence-corrected chi connectivity index (χ1v) is 13.8. The molecule has 0 fully saturated rings. The van der Waals surface area contributed by atoms with Gasteiger partial charge in [-0.15, -0.1) is 22.7 Å². The maximum Gasteiger partial charge on any atom is 0.335 e. The van der Waals surface area contributed by atoms with E-state index in [2.05, 4.69) is 107 Å². The van der Waals surface area contributed by atoms with Crippen LogP contribution in [-0.2, 0) is 4.79 Å². The normalized spacial score (nSPS) is 10.7. The molecule has 0 aliphatic rings. The number of benzene rings is 3. The van der Waals surface area contributed by atoms with Gasteiger partial charge in [0.25, 0.3) is 0 Å². The molecule has 0 saturated carbocycles. The van der Waals surface area contributed by atoms with Crippen LogP contribution in [0.2, 0.25) is 0 Å². The average Bonchev–Trinajstić information content (AvgIpc) is 3.70. The number of ether oxygens (including phenoxy) is 1. The molecule has 186 valence electrons. The molecule has 5 rings (SSSR count). The van der Waals surface area contributed by atoms with E-state index in [0.717, 1.165) is 28.6 Å². The maximum atomic E-state index is 11.4. The lowest BCUT2D eigenvalue weighted by Crippen LogP contribution is -2.09. The van der Waals surface area contributed by atoms with Crippen molar-refractivity contribution in [1.82, 2.24) is 0 Å². The molecule has 2 aromatic heterocycles. The zero-order chi connectivity index (χ0) is 26.2. The Balaban J connectivity index is 1.42. The van der Waals surface area contributed by atoms with Crippen LogP contribution in [0.15, 0.2) is 133 Å². The molecular formula is C33H25NO2S2. The van der Waals surface area contributed by atoms with Crippen molar-refractivity contribution < 1.29 is 9.53 Å². The monoisotopic (exact) mass is 531 g/mol. The zero-order valence-electron chi connectivity index (χ0n) is 20.6. The molecule has 0 aliphatic heterocycles. The summed E-state index contributed by atoms with van der Waals surface area (Å²) < 4.78 is 5.14. The van der Waals surface area contributed by atoms with Gasteiger partial charge in [-0.1, -0.05) is 73.3 Å². The molecule has 0 N–H and O–H groups in total. The maximum absolute atomic E-state index is 11.4. The largest absolute Gasteiger partial charge is 0.423 e. The minimum Gasteiger partial charge on any atom is -0.423 e. The summed E-state index contributed by atoms with van der Waals surface area (Å²) in [7, 11) is 0. The van der Waals surface area contributed by atoms with Gasteiger partial charge in [-0.25, -0.2) is 4.79 Å². The zero-order valence-corrected chi connectivity index (χ0v) is 22.2. The second-order valence-corrected chi connectivity index (χ2v) is 10.2. The summed E-state index contributed by atoms with van der Waals surface area (Å²) in [5.74, 6) is 0.0283. The summed E-state index contributed by atoms with van der Waals surface area (Å²) >= 11 is 3.49. The van der Waals surface area contributed by atoms with E-state index in [4.69, 9.17) is 4.74 Å². The molecule has 0 spiro atoms. The SMILES string of the molecule is C=CC(=O)Oc1ccc(C=Cc2ccc(N(C=C(c3cccs3)c3cccs3)c3ccccc3)cc2)cc1. The number of thiophene rings is 2. The Bertz CT molecular complexity index is 1500. The third-order valence-corrected chi connectivity index (χ3v) is 7.58. The summed E-state index contributed by atoms with van der Waals surface area (Å²) in [4.78, 5) is 16.1. The van der Waals surface area contributed by atoms with Crippen molar-refractivity contribution in [1.29, 1.82) is 0 Å². The van der Waals surface area contributed by atoms with E-state index in [0.29, 0.717) is 5.75 Å². The molecule has 5 aromatic rings. The third-order valence-electron chi connectivity index (χ3n) is 5.77. The smallest absolute Gasteiger partial charge is 0.335 e. The van der Waals surface area contributed by atoms with Gasteiger partial charge in [0, 0.05) is 39.0 Å². The van der Waals surface area contributed by atoms with Crippen molar-refractivity contribution in [2.75, 3.05) is 4.90 Å². The Morgan fingerprint density at radius 2 is 1.24 bits per heavy atom. The third kappa shape index (κ3) is 6.27. The van der Waals surface area contributed by atoms with E-state index >= 15 is 0 Å². The topological polar surface area (TPSA) is 29.5 Å². The van der Waals surface area contributed by atoms with Crippen molar-refractivity contribution in [3.8, 4) is 5.75 Å². The predicted octanol–water partition coefficient (Wildman–Crippen LogP) is 9.30. The molecule has 0 bridgehead atoms. The van der Waals surface area contributed by atoms with Crippen LogP contribution in [-0.4, -0.2) is 5.97 Å². The minimum absolute atomic E-state index is 0.467. The van der Waals surface area contributed by atoms with Crippen LogP contribution in [0.4, 0.5) is 11.4 Å². The number of para-hydroxylation sites is 1. The van der Waals surface area contributed by atoms with Gasteiger partial charge in [0.2, 0.25) is 0 Å². The molecule has 0 amide bonds. The van der Waals surface area contributed by atoms with Gasteiger partial charge in [0.1, 0.15) is 5.75 Å².